The number of carbonyl (C=O) groups excluding carboxylic acids is 1. The molecule has 1 aliphatic rings. The highest BCUT2D eigenvalue weighted by Crippen LogP contribution is 2.19. The van der Waals surface area contributed by atoms with Crippen LogP contribution in [0, 0.1) is 0 Å². The lowest BCUT2D eigenvalue weighted by Crippen LogP contribution is -2.50. The van der Waals surface area contributed by atoms with Crippen LogP contribution in [0.5, 0.6) is 0 Å². The molecule has 1 heterocycles. The van der Waals surface area contributed by atoms with Gasteiger partial charge in [0.25, 0.3) is 0 Å². The molecule has 2 atom stereocenters. The predicted molar refractivity (Wildman–Crippen MR) is 90.3 cm³/mol. The summed E-state index contributed by atoms with van der Waals surface area (Å²) >= 11 is 0. The van der Waals surface area contributed by atoms with Crippen molar-refractivity contribution in [2.45, 2.75) is 44.8 Å². The molecule has 1 fully saturated rings. The minimum Gasteiger partial charge on any atom is -0.396 e. The van der Waals surface area contributed by atoms with Crippen LogP contribution in [0.3, 0.4) is 0 Å². The second kappa shape index (κ2) is 9.53. The predicted octanol–water partition coefficient (Wildman–Crippen LogP) is 2.71. The van der Waals surface area contributed by atoms with E-state index in [9.17, 15) is 4.79 Å². The summed E-state index contributed by atoms with van der Waals surface area (Å²) in [5, 5.41) is 12.2. The lowest BCUT2D eigenvalue weighted by molar-refractivity contribution is -0.0185. The van der Waals surface area contributed by atoms with Gasteiger partial charge >= 0.3 is 6.03 Å². The first-order valence-corrected chi connectivity index (χ1v) is 8.57. The number of urea groups is 1. The zero-order chi connectivity index (χ0) is 16.5. The Morgan fingerprint density at radius 3 is 2.91 bits per heavy atom. The lowest BCUT2D eigenvalue weighted by atomic mass is 10.0. The van der Waals surface area contributed by atoms with Crippen LogP contribution in [0.1, 0.15) is 44.2 Å². The van der Waals surface area contributed by atoms with E-state index in [1.54, 1.807) is 0 Å². The van der Waals surface area contributed by atoms with Gasteiger partial charge in [0.05, 0.1) is 18.8 Å². The van der Waals surface area contributed by atoms with Gasteiger partial charge < -0.3 is 20.1 Å². The third-order valence-corrected chi connectivity index (χ3v) is 4.19. The summed E-state index contributed by atoms with van der Waals surface area (Å²) in [6.45, 7) is 4.15. The SMILES string of the molecule is CCCC1CN(C(=O)NC(CCCO)c2ccccc2)CCO1. The Kier molecular flexibility index (Phi) is 7.36. The van der Waals surface area contributed by atoms with Gasteiger partial charge in [0.15, 0.2) is 0 Å². The Morgan fingerprint density at radius 1 is 1.43 bits per heavy atom. The number of hydrogen-bond donors (Lipinski definition) is 2. The minimum atomic E-state index is -0.0664. The van der Waals surface area contributed by atoms with E-state index in [4.69, 9.17) is 9.84 Å². The number of aliphatic hydroxyl groups is 1. The topological polar surface area (TPSA) is 61.8 Å². The average Bonchev–Trinajstić information content (AvgIpc) is 2.59. The normalized spacial score (nSPS) is 19.4. The summed E-state index contributed by atoms with van der Waals surface area (Å²) in [6.07, 6.45) is 3.59. The van der Waals surface area contributed by atoms with Crippen molar-refractivity contribution in [3.05, 3.63) is 35.9 Å². The van der Waals surface area contributed by atoms with Gasteiger partial charge in [0.2, 0.25) is 0 Å². The van der Waals surface area contributed by atoms with E-state index in [1.807, 2.05) is 35.2 Å². The number of ether oxygens (including phenoxy) is 1. The van der Waals surface area contributed by atoms with E-state index in [-0.39, 0.29) is 24.8 Å². The zero-order valence-corrected chi connectivity index (χ0v) is 13.9. The van der Waals surface area contributed by atoms with Crippen LogP contribution in [0.15, 0.2) is 30.3 Å². The van der Waals surface area contributed by atoms with Crippen molar-refractivity contribution < 1.29 is 14.6 Å². The summed E-state index contributed by atoms with van der Waals surface area (Å²) in [5.41, 5.74) is 1.08. The molecular formula is C18H28N2O3. The third kappa shape index (κ3) is 5.52. The maximum Gasteiger partial charge on any atom is 0.318 e. The van der Waals surface area contributed by atoms with Crippen LogP contribution < -0.4 is 5.32 Å². The number of rotatable bonds is 7. The number of nitrogens with zero attached hydrogens (tertiary/aromatic N) is 1. The fourth-order valence-electron chi connectivity index (χ4n) is 2.94. The molecule has 0 spiro atoms. The van der Waals surface area contributed by atoms with Crippen molar-refractivity contribution in [3.8, 4) is 0 Å². The first kappa shape index (κ1) is 17.8. The lowest BCUT2D eigenvalue weighted by Gasteiger charge is -2.34. The fourth-order valence-corrected chi connectivity index (χ4v) is 2.94. The molecule has 1 aromatic carbocycles. The summed E-state index contributed by atoms with van der Waals surface area (Å²) in [6, 6.07) is 9.83. The van der Waals surface area contributed by atoms with E-state index in [1.165, 1.54) is 0 Å². The van der Waals surface area contributed by atoms with Crippen molar-refractivity contribution in [1.82, 2.24) is 10.2 Å². The molecule has 2 N–H and O–H groups in total. The highest BCUT2D eigenvalue weighted by molar-refractivity contribution is 5.74. The molecule has 1 aliphatic heterocycles. The standard InChI is InChI=1S/C18H28N2O3/c1-2-7-16-14-20(11-13-23-16)18(22)19-17(10-6-12-21)15-8-4-3-5-9-15/h3-5,8-9,16-17,21H,2,6-7,10-14H2,1H3,(H,19,22). The Bertz CT molecular complexity index is 465. The first-order valence-electron chi connectivity index (χ1n) is 8.57. The third-order valence-electron chi connectivity index (χ3n) is 4.19. The molecule has 0 radical (unpaired) electrons. The van der Waals surface area contributed by atoms with Crippen LogP contribution >= 0.6 is 0 Å². The van der Waals surface area contributed by atoms with Crippen LogP contribution in [0.4, 0.5) is 4.79 Å². The Balaban J connectivity index is 1.96. The maximum atomic E-state index is 12.6. The molecular weight excluding hydrogens is 292 g/mol. The molecule has 2 amide bonds. The highest BCUT2D eigenvalue weighted by Gasteiger charge is 2.25. The van der Waals surface area contributed by atoms with Gasteiger partial charge in [-0.15, -0.1) is 0 Å². The van der Waals surface area contributed by atoms with Crippen molar-refractivity contribution in [1.29, 1.82) is 0 Å². The number of aliphatic hydroxyl groups excluding tert-OH is 1. The molecule has 5 nitrogen and oxygen atoms in total. The summed E-state index contributed by atoms with van der Waals surface area (Å²) in [4.78, 5) is 14.4. The smallest absolute Gasteiger partial charge is 0.318 e. The number of morpholine rings is 1. The maximum absolute atomic E-state index is 12.6. The van der Waals surface area contributed by atoms with Crippen LogP contribution in [-0.4, -0.2) is 48.4 Å². The largest absolute Gasteiger partial charge is 0.396 e. The Morgan fingerprint density at radius 2 is 2.22 bits per heavy atom. The second-order valence-electron chi connectivity index (χ2n) is 6.01. The first-order chi connectivity index (χ1) is 11.2. The minimum absolute atomic E-state index is 0.0406. The van der Waals surface area contributed by atoms with Crippen molar-refractivity contribution >= 4 is 6.03 Å². The van der Waals surface area contributed by atoms with E-state index in [0.717, 1.165) is 24.8 Å². The number of amides is 2. The van der Waals surface area contributed by atoms with Gasteiger partial charge in [-0.05, 0) is 24.8 Å². The monoisotopic (exact) mass is 320 g/mol. The van der Waals surface area contributed by atoms with Gasteiger partial charge in [-0.2, -0.15) is 0 Å². The number of nitrogens with one attached hydrogen (secondary N) is 1. The Hall–Kier alpha value is -1.59. The molecule has 0 aliphatic carbocycles. The van der Waals surface area contributed by atoms with E-state index < -0.39 is 0 Å². The van der Waals surface area contributed by atoms with E-state index >= 15 is 0 Å². The van der Waals surface area contributed by atoms with Gasteiger partial charge in [-0.25, -0.2) is 4.79 Å². The fraction of sp³-hybridized carbons (Fsp3) is 0.611. The van der Waals surface area contributed by atoms with Crippen molar-refractivity contribution in [3.63, 3.8) is 0 Å². The molecule has 23 heavy (non-hydrogen) atoms. The number of benzene rings is 1. The molecule has 5 heteroatoms. The van der Waals surface area contributed by atoms with E-state index in [2.05, 4.69) is 12.2 Å². The van der Waals surface area contributed by atoms with Crippen LogP contribution in [0.25, 0.3) is 0 Å². The van der Waals surface area contributed by atoms with Crippen molar-refractivity contribution in [2.24, 2.45) is 0 Å². The molecule has 0 aromatic heterocycles. The summed E-state index contributed by atoms with van der Waals surface area (Å²) in [7, 11) is 0. The van der Waals surface area contributed by atoms with Gasteiger partial charge in [-0.3, -0.25) is 0 Å². The highest BCUT2D eigenvalue weighted by atomic mass is 16.5. The number of carbonyl (C=O) groups is 1. The second-order valence-corrected chi connectivity index (χ2v) is 6.01. The van der Waals surface area contributed by atoms with Gasteiger partial charge in [0.1, 0.15) is 0 Å². The average molecular weight is 320 g/mol. The quantitative estimate of drug-likeness (QED) is 0.812. The Labute approximate surface area is 138 Å². The molecule has 0 saturated carbocycles. The summed E-state index contributed by atoms with van der Waals surface area (Å²) in [5.74, 6) is 0. The molecule has 0 bridgehead atoms. The van der Waals surface area contributed by atoms with E-state index in [0.29, 0.717) is 26.1 Å². The summed E-state index contributed by atoms with van der Waals surface area (Å²) < 4.78 is 5.70. The van der Waals surface area contributed by atoms with Crippen LogP contribution in [0.2, 0.25) is 0 Å². The zero-order valence-electron chi connectivity index (χ0n) is 13.9. The van der Waals surface area contributed by atoms with Gasteiger partial charge in [-0.1, -0.05) is 43.7 Å². The molecule has 1 aromatic rings. The molecule has 1 saturated heterocycles. The van der Waals surface area contributed by atoms with Crippen LogP contribution in [-0.2, 0) is 4.74 Å². The molecule has 2 rings (SSSR count). The molecule has 128 valence electrons. The van der Waals surface area contributed by atoms with Crippen molar-refractivity contribution in [2.75, 3.05) is 26.3 Å². The van der Waals surface area contributed by atoms with Gasteiger partial charge in [0, 0.05) is 19.7 Å². The number of hydrogen-bond acceptors (Lipinski definition) is 3. The molecule has 2 unspecified atom stereocenters.